The average Bonchev–Trinajstić information content (AvgIpc) is 2.68. The predicted molar refractivity (Wildman–Crippen MR) is 102 cm³/mol. The van der Waals surface area contributed by atoms with E-state index in [0.29, 0.717) is 24.0 Å². The maximum absolute atomic E-state index is 12.2. The highest BCUT2D eigenvalue weighted by Crippen LogP contribution is 2.21. The zero-order chi connectivity index (χ0) is 17.5. The van der Waals surface area contributed by atoms with Crippen LogP contribution in [0.5, 0.6) is 5.75 Å². The summed E-state index contributed by atoms with van der Waals surface area (Å²) in [5.41, 5.74) is 1.69. The van der Waals surface area contributed by atoms with Crippen LogP contribution in [0.2, 0.25) is 0 Å². The summed E-state index contributed by atoms with van der Waals surface area (Å²) in [7, 11) is 0. The number of esters is 1. The molecule has 1 heterocycles. The fourth-order valence-electron chi connectivity index (χ4n) is 2.54. The zero-order valence-electron chi connectivity index (χ0n) is 13.8. The standard InChI is InChI=1S/C20H19NO3S/c22-19(11-10-16-6-2-1-3-7-16)24-18-9-5-4-8-17(18)20(25)21-12-14-23-15-13-21/h1-11H,12-15H2/b11-10+. The molecule has 2 aromatic rings. The number of morpholine rings is 1. The number of carbonyl (C=O) groups is 1. The number of ether oxygens (including phenoxy) is 2. The van der Waals surface area contributed by atoms with Crippen LogP contribution in [0, 0.1) is 0 Å². The Morgan fingerprint density at radius 2 is 1.72 bits per heavy atom. The molecule has 0 atom stereocenters. The number of hydrogen-bond donors (Lipinski definition) is 0. The molecule has 4 nitrogen and oxygen atoms in total. The molecule has 1 aliphatic rings. The van der Waals surface area contributed by atoms with Crippen LogP contribution in [0.15, 0.2) is 60.7 Å². The smallest absolute Gasteiger partial charge is 0.336 e. The molecule has 0 saturated carbocycles. The van der Waals surface area contributed by atoms with Gasteiger partial charge in [-0.15, -0.1) is 0 Å². The molecule has 0 spiro atoms. The van der Waals surface area contributed by atoms with Gasteiger partial charge in [0.05, 0.1) is 18.8 Å². The van der Waals surface area contributed by atoms with E-state index < -0.39 is 5.97 Å². The highest BCUT2D eigenvalue weighted by Gasteiger charge is 2.18. The first-order valence-corrected chi connectivity index (χ1v) is 8.56. The Bertz CT molecular complexity index is 768. The van der Waals surface area contributed by atoms with Gasteiger partial charge in [0, 0.05) is 19.2 Å². The van der Waals surface area contributed by atoms with Crippen LogP contribution < -0.4 is 4.74 Å². The predicted octanol–water partition coefficient (Wildman–Crippen LogP) is 3.31. The molecule has 1 fully saturated rings. The zero-order valence-corrected chi connectivity index (χ0v) is 14.6. The van der Waals surface area contributed by atoms with Crippen LogP contribution in [0.4, 0.5) is 0 Å². The summed E-state index contributed by atoms with van der Waals surface area (Å²) in [6.07, 6.45) is 3.15. The number of rotatable bonds is 4. The van der Waals surface area contributed by atoms with Gasteiger partial charge in [-0.25, -0.2) is 4.79 Å². The van der Waals surface area contributed by atoms with Gasteiger partial charge in [0.15, 0.2) is 0 Å². The molecule has 0 radical (unpaired) electrons. The van der Waals surface area contributed by atoms with Crippen molar-refractivity contribution in [3.8, 4) is 5.75 Å². The molecular weight excluding hydrogens is 334 g/mol. The van der Waals surface area contributed by atoms with Gasteiger partial charge in [0.2, 0.25) is 0 Å². The third-order valence-electron chi connectivity index (χ3n) is 3.84. The Kier molecular flexibility index (Phi) is 5.93. The van der Waals surface area contributed by atoms with E-state index in [4.69, 9.17) is 21.7 Å². The normalized spacial score (nSPS) is 14.5. The third kappa shape index (κ3) is 4.75. The highest BCUT2D eigenvalue weighted by molar-refractivity contribution is 7.80. The van der Waals surface area contributed by atoms with E-state index in [-0.39, 0.29) is 0 Å². The second kappa shape index (κ2) is 8.55. The van der Waals surface area contributed by atoms with Crippen LogP contribution in [0.1, 0.15) is 11.1 Å². The van der Waals surface area contributed by atoms with Gasteiger partial charge >= 0.3 is 5.97 Å². The van der Waals surface area contributed by atoms with Crippen LogP contribution in [-0.2, 0) is 9.53 Å². The Morgan fingerprint density at radius 1 is 1.04 bits per heavy atom. The molecular formula is C20H19NO3S. The summed E-state index contributed by atoms with van der Waals surface area (Å²) in [5, 5.41) is 0. The summed E-state index contributed by atoms with van der Waals surface area (Å²) in [5.74, 6) is 0.0442. The van der Waals surface area contributed by atoms with Crippen molar-refractivity contribution >= 4 is 29.3 Å². The molecule has 0 aromatic heterocycles. The van der Waals surface area contributed by atoms with Gasteiger partial charge < -0.3 is 14.4 Å². The Balaban J connectivity index is 1.71. The number of para-hydroxylation sites is 1. The number of hydrogen-bond acceptors (Lipinski definition) is 4. The van der Waals surface area contributed by atoms with Gasteiger partial charge in [-0.05, 0) is 23.8 Å². The summed E-state index contributed by atoms with van der Waals surface area (Å²) < 4.78 is 10.9. The molecule has 0 unspecified atom stereocenters. The first-order chi connectivity index (χ1) is 12.2. The van der Waals surface area contributed by atoms with E-state index >= 15 is 0 Å². The second-order valence-electron chi connectivity index (χ2n) is 5.57. The molecule has 0 bridgehead atoms. The molecule has 3 rings (SSSR count). The molecule has 5 heteroatoms. The van der Waals surface area contributed by atoms with Gasteiger partial charge in [-0.2, -0.15) is 0 Å². The van der Waals surface area contributed by atoms with Crippen LogP contribution in [-0.4, -0.2) is 42.2 Å². The number of nitrogens with zero attached hydrogens (tertiary/aromatic N) is 1. The first kappa shape index (κ1) is 17.3. The maximum atomic E-state index is 12.2. The minimum Gasteiger partial charge on any atom is -0.423 e. The van der Waals surface area contributed by atoms with E-state index in [0.717, 1.165) is 24.2 Å². The summed E-state index contributed by atoms with van der Waals surface area (Å²) >= 11 is 5.58. The molecule has 0 aliphatic carbocycles. The molecule has 0 N–H and O–H groups in total. The molecule has 1 aliphatic heterocycles. The fraction of sp³-hybridized carbons (Fsp3) is 0.200. The molecule has 128 valence electrons. The summed E-state index contributed by atoms with van der Waals surface area (Å²) in [6, 6.07) is 17.0. The largest absolute Gasteiger partial charge is 0.423 e. The quantitative estimate of drug-likeness (QED) is 0.365. The van der Waals surface area contributed by atoms with Gasteiger partial charge in [-0.1, -0.05) is 54.7 Å². The van der Waals surface area contributed by atoms with Gasteiger partial charge in [0.1, 0.15) is 10.7 Å². The number of thiocarbonyl (C=S) groups is 1. The summed E-state index contributed by atoms with van der Waals surface area (Å²) in [6.45, 7) is 2.80. The maximum Gasteiger partial charge on any atom is 0.336 e. The topological polar surface area (TPSA) is 38.8 Å². The van der Waals surface area contributed by atoms with Gasteiger partial charge in [0.25, 0.3) is 0 Å². The van der Waals surface area contributed by atoms with E-state index in [2.05, 4.69) is 4.90 Å². The van der Waals surface area contributed by atoms with Crippen molar-refractivity contribution in [3.05, 3.63) is 71.8 Å². The minimum absolute atomic E-state index is 0.430. The lowest BCUT2D eigenvalue weighted by Crippen LogP contribution is -2.40. The Morgan fingerprint density at radius 3 is 2.48 bits per heavy atom. The van der Waals surface area contributed by atoms with Crippen LogP contribution in [0.3, 0.4) is 0 Å². The van der Waals surface area contributed by atoms with Crippen LogP contribution in [0.25, 0.3) is 6.08 Å². The van der Waals surface area contributed by atoms with E-state index in [1.165, 1.54) is 6.08 Å². The molecule has 2 aromatic carbocycles. The Hall–Kier alpha value is -2.50. The number of benzene rings is 2. The monoisotopic (exact) mass is 353 g/mol. The second-order valence-corrected chi connectivity index (χ2v) is 5.95. The van der Waals surface area contributed by atoms with Gasteiger partial charge in [-0.3, -0.25) is 0 Å². The molecule has 25 heavy (non-hydrogen) atoms. The van der Waals surface area contributed by atoms with Crippen molar-refractivity contribution < 1.29 is 14.3 Å². The third-order valence-corrected chi connectivity index (χ3v) is 4.32. The van der Waals surface area contributed by atoms with Crippen molar-refractivity contribution in [1.29, 1.82) is 0 Å². The fourth-order valence-corrected chi connectivity index (χ4v) is 2.89. The SMILES string of the molecule is O=C(/C=C/c1ccccc1)Oc1ccccc1C(=S)N1CCOCC1. The van der Waals surface area contributed by atoms with E-state index in [1.54, 1.807) is 12.1 Å². The highest BCUT2D eigenvalue weighted by atomic mass is 32.1. The minimum atomic E-state index is -0.430. The lowest BCUT2D eigenvalue weighted by molar-refractivity contribution is -0.128. The van der Waals surface area contributed by atoms with Crippen molar-refractivity contribution in [2.45, 2.75) is 0 Å². The first-order valence-electron chi connectivity index (χ1n) is 8.15. The van der Waals surface area contributed by atoms with Crippen molar-refractivity contribution in [3.63, 3.8) is 0 Å². The lowest BCUT2D eigenvalue weighted by Gasteiger charge is -2.29. The van der Waals surface area contributed by atoms with E-state index in [1.807, 2.05) is 48.5 Å². The van der Waals surface area contributed by atoms with Crippen molar-refractivity contribution in [1.82, 2.24) is 4.90 Å². The van der Waals surface area contributed by atoms with Crippen molar-refractivity contribution in [2.75, 3.05) is 26.3 Å². The molecule has 0 amide bonds. The lowest BCUT2D eigenvalue weighted by atomic mass is 10.1. The average molecular weight is 353 g/mol. The molecule has 1 saturated heterocycles. The van der Waals surface area contributed by atoms with Crippen LogP contribution >= 0.6 is 12.2 Å². The van der Waals surface area contributed by atoms with E-state index in [9.17, 15) is 4.79 Å². The van der Waals surface area contributed by atoms with Crippen molar-refractivity contribution in [2.24, 2.45) is 0 Å². The Labute approximate surface area is 152 Å². The number of carbonyl (C=O) groups excluding carboxylic acids is 1. The summed E-state index contributed by atoms with van der Waals surface area (Å²) in [4.78, 5) is 14.9.